The maximum Gasteiger partial charge on any atom is 0.167 e. The Kier molecular flexibility index (Phi) is 4.02. The van der Waals surface area contributed by atoms with Crippen LogP contribution in [0.4, 0.5) is 8.78 Å². The van der Waals surface area contributed by atoms with Crippen LogP contribution in [0.5, 0.6) is 0 Å². The lowest BCUT2D eigenvalue weighted by molar-refractivity contribution is 0.0981. The van der Waals surface area contributed by atoms with Crippen LogP contribution in [-0.2, 0) is 0 Å². The van der Waals surface area contributed by atoms with Crippen molar-refractivity contribution in [2.75, 3.05) is 6.54 Å². The Bertz CT molecular complexity index is 594. The molecule has 0 radical (unpaired) electrons. The van der Waals surface area contributed by atoms with Gasteiger partial charge < -0.3 is 5.73 Å². The van der Waals surface area contributed by atoms with Crippen LogP contribution in [0.25, 0.3) is 11.1 Å². The molecule has 0 bridgehead atoms. The van der Waals surface area contributed by atoms with E-state index < -0.39 is 5.82 Å². The van der Waals surface area contributed by atoms with E-state index in [1.165, 1.54) is 24.3 Å². The van der Waals surface area contributed by atoms with Crippen molar-refractivity contribution in [1.29, 1.82) is 0 Å². The fourth-order valence-electron chi connectivity index (χ4n) is 1.83. The topological polar surface area (TPSA) is 43.1 Å². The van der Waals surface area contributed by atoms with Gasteiger partial charge in [0.2, 0.25) is 0 Å². The van der Waals surface area contributed by atoms with Crippen molar-refractivity contribution in [3.8, 4) is 11.1 Å². The third-order valence-electron chi connectivity index (χ3n) is 2.82. The Morgan fingerprint density at radius 3 is 2.26 bits per heavy atom. The summed E-state index contributed by atoms with van der Waals surface area (Å²) >= 11 is 0. The Balaban J connectivity index is 2.40. The van der Waals surface area contributed by atoms with Gasteiger partial charge in [-0.1, -0.05) is 18.2 Å². The van der Waals surface area contributed by atoms with E-state index in [2.05, 4.69) is 0 Å². The van der Waals surface area contributed by atoms with Gasteiger partial charge >= 0.3 is 0 Å². The molecular weight excluding hydrogens is 248 g/mol. The van der Waals surface area contributed by atoms with Crippen LogP contribution in [0.3, 0.4) is 0 Å². The van der Waals surface area contributed by atoms with Gasteiger partial charge in [-0.2, -0.15) is 0 Å². The SMILES string of the molecule is NCCC(=O)c1cc(-c2ccc(F)cc2)ccc1F. The van der Waals surface area contributed by atoms with Gasteiger partial charge in [-0.05, 0) is 41.9 Å². The molecule has 2 nitrogen and oxygen atoms in total. The third kappa shape index (κ3) is 3.03. The maximum atomic E-state index is 13.6. The molecule has 0 spiro atoms. The van der Waals surface area contributed by atoms with E-state index in [-0.39, 0.29) is 30.1 Å². The van der Waals surface area contributed by atoms with E-state index in [0.717, 1.165) is 5.56 Å². The number of hydrogen-bond acceptors (Lipinski definition) is 2. The maximum absolute atomic E-state index is 13.6. The summed E-state index contributed by atoms with van der Waals surface area (Å²) in [6, 6.07) is 10.1. The number of Topliss-reactive ketones (excluding diaryl/α,β-unsaturated/α-hetero) is 1. The van der Waals surface area contributed by atoms with E-state index in [1.807, 2.05) is 0 Å². The van der Waals surface area contributed by atoms with Crippen LogP contribution >= 0.6 is 0 Å². The second-order valence-corrected chi connectivity index (χ2v) is 4.16. The predicted octanol–water partition coefficient (Wildman–Crippen LogP) is 3.16. The van der Waals surface area contributed by atoms with Gasteiger partial charge in [0.1, 0.15) is 11.6 Å². The van der Waals surface area contributed by atoms with Crippen molar-refractivity contribution in [3.63, 3.8) is 0 Å². The molecule has 0 aliphatic rings. The lowest BCUT2D eigenvalue weighted by Crippen LogP contribution is -2.09. The summed E-state index contributed by atoms with van der Waals surface area (Å²) in [5.41, 5.74) is 6.71. The molecule has 98 valence electrons. The first-order valence-electron chi connectivity index (χ1n) is 5.90. The second-order valence-electron chi connectivity index (χ2n) is 4.16. The smallest absolute Gasteiger partial charge is 0.167 e. The summed E-state index contributed by atoms with van der Waals surface area (Å²) in [5, 5.41) is 0. The predicted molar refractivity (Wildman–Crippen MR) is 69.8 cm³/mol. The van der Waals surface area contributed by atoms with E-state index in [4.69, 9.17) is 5.73 Å². The Labute approximate surface area is 109 Å². The molecule has 2 aromatic rings. The molecule has 0 heterocycles. The summed E-state index contributed by atoms with van der Waals surface area (Å²) in [4.78, 5) is 11.7. The summed E-state index contributed by atoms with van der Waals surface area (Å²) in [6.07, 6.45) is 0.101. The lowest BCUT2D eigenvalue weighted by Gasteiger charge is -2.06. The zero-order chi connectivity index (χ0) is 13.8. The van der Waals surface area contributed by atoms with Gasteiger partial charge in [0.05, 0.1) is 5.56 Å². The number of nitrogens with two attached hydrogens (primary N) is 1. The fraction of sp³-hybridized carbons (Fsp3) is 0.133. The molecule has 0 aliphatic carbocycles. The van der Waals surface area contributed by atoms with Crippen molar-refractivity contribution in [1.82, 2.24) is 0 Å². The minimum atomic E-state index is -0.565. The van der Waals surface area contributed by atoms with Gasteiger partial charge in [0.15, 0.2) is 5.78 Å². The standard InChI is InChI=1S/C15H13F2NO/c16-12-4-1-10(2-5-12)11-3-6-14(17)13(9-11)15(19)7-8-18/h1-6,9H,7-8,18H2. The first kappa shape index (κ1) is 13.4. The Morgan fingerprint density at radius 1 is 1.00 bits per heavy atom. The number of benzene rings is 2. The molecule has 4 heteroatoms. The second kappa shape index (κ2) is 5.71. The molecule has 2 aromatic carbocycles. The van der Waals surface area contributed by atoms with Gasteiger partial charge in [0, 0.05) is 6.42 Å². The van der Waals surface area contributed by atoms with E-state index >= 15 is 0 Å². The first-order chi connectivity index (χ1) is 9.11. The number of halogens is 2. The average molecular weight is 261 g/mol. The number of carbonyl (C=O) groups excluding carboxylic acids is 1. The molecule has 0 aromatic heterocycles. The molecular formula is C15H13F2NO. The highest BCUT2D eigenvalue weighted by Crippen LogP contribution is 2.23. The summed E-state index contributed by atoms with van der Waals surface area (Å²) in [5.74, 6) is -1.24. The Morgan fingerprint density at radius 2 is 1.63 bits per heavy atom. The quantitative estimate of drug-likeness (QED) is 0.859. The molecule has 0 amide bonds. The highest BCUT2D eigenvalue weighted by Gasteiger charge is 2.12. The van der Waals surface area contributed by atoms with Crippen LogP contribution in [0.15, 0.2) is 42.5 Å². The minimum Gasteiger partial charge on any atom is -0.330 e. The van der Waals surface area contributed by atoms with Crippen LogP contribution in [-0.4, -0.2) is 12.3 Å². The van der Waals surface area contributed by atoms with E-state index in [1.54, 1.807) is 18.2 Å². The number of ketones is 1. The van der Waals surface area contributed by atoms with Gasteiger partial charge in [-0.15, -0.1) is 0 Å². The van der Waals surface area contributed by atoms with Crippen LogP contribution in [0.1, 0.15) is 16.8 Å². The van der Waals surface area contributed by atoms with Crippen molar-refractivity contribution < 1.29 is 13.6 Å². The zero-order valence-electron chi connectivity index (χ0n) is 10.2. The van der Waals surface area contributed by atoms with Gasteiger partial charge in [-0.25, -0.2) is 8.78 Å². The van der Waals surface area contributed by atoms with Crippen molar-refractivity contribution in [2.45, 2.75) is 6.42 Å². The van der Waals surface area contributed by atoms with Crippen LogP contribution in [0, 0.1) is 11.6 Å². The fourth-order valence-corrected chi connectivity index (χ4v) is 1.83. The zero-order valence-corrected chi connectivity index (χ0v) is 10.2. The number of carbonyl (C=O) groups is 1. The average Bonchev–Trinajstić information content (AvgIpc) is 2.40. The molecule has 19 heavy (non-hydrogen) atoms. The minimum absolute atomic E-state index is 0.0206. The van der Waals surface area contributed by atoms with Gasteiger partial charge in [0.25, 0.3) is 0 Å². The first-order valence-corrected chi connectivity index (χ1v) is 5.90. The largest absolute Gasteiger partial charge is 0.330 e. The number of hydrogen-bond donors (Lipinski definition) is 1. The molecule has 0 fully saturated rings. The van der Waals surface area contributed by atoms with Crippen LogP contribution < -0.4 is 5.73 Å². The molecule has 0 saturated heterocycles. The van der Waals surface area contributed by atoms with Crippen LogP contribution in [0.2, 0.25) is 0 Å². The highest BCUT2D eigenvalue weighted by molar-refractivity contribution is 5.97. The van der Waals surface area contributed by atoms with E-state index in [9.17, 15) is 13.6 Å². The summed E-state index contributed by atoms with van der Waals surface area (Å²) in [6.45, 7) is 0.180. The molecule has 0 saturated carbocycles. The molecule has 0 unspecified atom stereocenters. The van der Waals surface area contributed by atoms with Crippen molar-refractivity contribution in [2.24, 2.45) is 5.73 Å². The summed E-state index contributed by atoms with van der Waals surface area (Å²) < 4.78 is 26.4. The van der Waals surface area contributed by atoms with Gasteiger partial charge in [-0.3, -0.25) is 4.79 Å². The highest BCUT2D eigenvalue weighted by atomic mass is 19.1. The third-order valence-corrected chi connectivity index (χ3v) is 2.82. The van der Waals surface area contributed by atoms with E-state index in [0.29, 0.717) is 5.56 Å². The lowest BCUT2D eigenvalue weighted by atomic mass is 10.00. The monoisotopic (exact) mass is 261 g/mol. The molecule has 0 aliphatic heterocycles. The van der Waals surface area contributed by atoms with Crippen molar-refractivity contribution in [3.05, 3.63) is 59.7 Å². The normalized spacial score (nSPS) is 10.5. The molecule has 2 N–H and O–H groups in total. The number of rotatable bonds is 4. The molecule has 0 atom stereocenters. The Hall–Kier alpha value is -2.07. The summed E-state index contributed by atoms with van der Waals surface area (Å²) in [7, 11) is 0. The molecule has 2 rings (SSSR count). The van der Waals surface area contributed by atoms with Crippen molar-refractivity contribution >= 4 is 5.78 Å².